The van der Waals surface area contributed by atoms with Gasteiger partial charge in [0, 0.05) is 6.42 Å². The van der Waals surface area contributed by atoms with Gasteiger partial charge in [-0.3, -0.25) is 19.9 Å². The first-order chi connectivity index (χ1) is 16.9. The van der Waals surface area contributed by atoms with Gasteiger partial charge in [-0.05, 0) is 52.2 Å². The van der Waals surface area contributed by atoms with Crippen LogP contribution in [0.5, 0.6) is 11.5 Å². The van der Waals surface area contributed by atoms with E-state index in [1.807, 2.05) is 36.4 Å². The molecule has 182 valence electrons. The normalized spacial score (nSPS) is 15.7. The Morgan fingerprint density at radius 1 is 1.17 bits per heavy atom. The molecule has 0 aromatic heterocycles. The summed E-state index contributed by atoms with van der Waals surface area (Å²) >= 11 is 5.84. The van der Waals surface area contributed by atoms with Crippen molar-refractivity contribution in [2.24, 2.45) is 0 Å². The summed E-state index contributed by atoms with van der Waals surface area (Å²) in [6.07, 6.45) is 1.59. The fourth-order valence-electron chi connectivity index (χ4n) is 3.89. The van der Waals surface area contributed by atoms with E-state index >= 15 is 0 Å². The Labute approximate surface area is 207 Å². The molecule has 1 heterocycles. The molecule has 0 radical (unpaired) electrons. The molecule has 4 rings (SSSR count). The van der Waals surface area contributed by atoms with Gasteiger partial charge in [0.2, 0.25) is 11.8 Å². The number of fused-ring (bicyclic) bond motifs is 1. The largest absolute Gasteiger partial charge is 0.508 e. The Kier molecular flexibility index (Phi) is 7.74. The summed E-state index contributed by atoms with van der Waals surface area (Å²) in [6, 6.07) is 17.1. The van der Waals surface area contributed by atoms with Crippen LogP contribution in [0.15, 0.2) is 71.9 Å². The number of benzene rings is 3. The second-order valence-corrected chi connectivity index (χ2v) is 8.60. The van der Waals surface area contributed by atoms with Gasteiger partial charge in [-0.1, -0.05) is 48.0 Å². The minimum absolute atomic E-state index is 0.108. The molecule has 35 heavy (non-hydrogen) atoms. The van der Waals surface area contributed by atoms with Crippen LogP contribution in [-0.4, -0.2) is 42.7 Å². The third kappa shape index (κ3) is 6.44. The summed E-state index contributed by atoms with van der Waals surface area (Å²) in [5, 5.41) is 17.5. The summed E-state index contributed by atoms with van der Waals surface area (Å²) in [5.74, 6) is 0.228. The number of hydroxylamine groups is 1. The Balaban J connectivity index is 1.47. The van der Waals surface area contributed by atoms with Gasteiger partial charge in [-0.25, -0.2) is 0 Å². The molecule has 8 nitrogen and oxygen atoms in total. The maximum absolute atomic E-state index is 13.0. The fraction of sp³-hybridized carbons (Fsp3) is 0.231. The lowest BCUT2D eigenvalue weighted by molar-refractivity contribution is -0.129. The zero-order valence-electron chi connectivity index (χ0n) is 19.1. The third-order valence-electron chi connectivity index (χ3n) is 5.67. The van der Waals surface area contributed by atoms with Crippen molar-refractivity contribution in [1.29, 1.82) is 0 Å². The number of nitrogens with one attached hydrogen (secondary N) is 3. The predicted molar refractivity (Wildman–Crippen MR) is 133 cm³/mol. The smallest absolute Gasteiger partial charge is 0.243 e. The molecule has 0 bridgehead atoms. The van der Waals surface area contributed by atoms with Gasteiger partial charge in [0.05, 0.1) is 20.1 Å². The minimum atomic E-state index is -0.823. The molecule has 0 spiro atoms. The lowest BCUT2D eigenvalue weighted by Crippen LogP contribution is -2.49. The van der Waals surface area contributed by atoms with Crippen molar-refractivity contribution in [3.8, 4) is 11.5 Å². The van der Waals surface area contributed by atoms with E-state index in [0.717, 1.165) is 27.6 Å². The van der Waals surface area contributed by atoms with E-state index in [9.17, 15) is 14.7 Å². The Hall–Kier alpha value is -3.75. The molecule has 0 saturated carbocycles. The Bertz CT molecular complexity index is 1250. The minimum Gasteiger partial charge on any atom is -0.508 e. The van der Waals surface area contributed by atoms with Crippen molar-refractivity contribution in [2.75, 3.05) is 13.7 Å². The molecular formula is C26H26ClN3O5. The number of phenolic OH excluding ortho intramolecular Hbond substituents is 1. The van der Waals surface area contributed by atoms with Crippen molar-refractivity contribution in [3.05, 3.63) is 83.0 Å². The van der Waals surface area contributed by atoms with Crippen molar-refractivity contribution in [3.63, 3.8) is 0 Å². The lowest BCUT2D eigenvalue weighted by Gasteiger charge is -2.20. The number of halogens is 1. The molecule has 4 N–H and O–H groups in total. The van der Waals surface area contributed by atoms with Crippen LogP contribution in [0.25, 0.3) is 10.8 Å². The Morgan fingerprint density at radius 2 is 1.97 bits per heavy atom. The molecule has 3 aromatic carbocycles. The van der Waals surface area contributed by atoms with E-state index in [0.29, 0.717) is 5.16 Å². The SMILES string of the molecule is COc1ccc2c(CC(=O)N[C@@H](Cc3ccc(O)cc3)C(=O)NCC3C=C(Cl)NO3)cccc2c1. The van der Waals surface area contributed by atoms with E-state index in [4.69, 9.17) is 21.2 Å². The van der Waals surface area contributed by atoms with Gasteiger partial charge in [0.1, 0.15) is 28.8 Å². The number of carbonyl (C=O) groups excluding carboxylic acids is 2. The molecule has 1 aliphatic heterocycles. The van der Waals surface area contributed by atoms with Gasteiger partial charge in [0.15, 0.2) is 0 Å². The van der Waals surface area contributed by atoms with Crippen LogP contribution in [-0.2, 0) is 27.3 Å². The fourth-order valence-corrected chi connectivity index (χ4v) is 4.08. The monoisotopic (exact) mass is 495 g/mol. The first-order valence-corrected chi connectivity index (χ1v) is 11.5. The van der Waals surface area contributed by atoms with E-state index < -0.39 is 12.1 Å². The predicted octanol–water partition coefficient (Wildman–Crippen LogP) is 2.92. The Morgan fingerprint density at radius 3 is 2.69 bits per heavy atom. The summed E-state index contributed by atoms with van der Waals surface area (Å²) in [6.45, 7) is 0.190. The molecule has 3 aromatic rings. The highest BCUT2D eigenvalue weighted by atomic mass is 35.5. The molecule has 2 atom stereocenters. The number of carbonyl (C=O) groups is 2. The topological polar surface area (TPSA) is 109 Å². The average molecular weight is 496 g/mol. The van der Waals surface area contributed by atoms with E-state index in [1.165, 1.54) is 0 Å². The van der Waals surface area contributed by atoms with Crippen molar-refractivity contribution in [1.82, 2.24) is 16.1 Å². The number of hydrogen-bond donors (Lipinski definition) is 4. The molecular weight excluding hydrogens is 470 g/mol. The van der Waals surface area contributed by atoms with E-state index in [1.54, 1.807) is 37.5 Å². The van der Waals surface area contributed by atoms with Gasteiger partial charge in [-0.2, -0.15) is 0 Å². The number of ether oxygens (including phenoxy) is 1. The number of aromatic hydroxyl groups is 1. The van der Waals surface area contributed by atoms with Gasteiger partial charge < -0.3 is 20.5 Å². The van der Waals surface area contributed by atoms with Crippen LogP contribution in [0.2, 0.25) is 0 Å². The molecule has 0 fully saturated rings. The van der Waals surface area contributed by atoms with Gasteiger partial charge in [0.25, 0.3) is 0 Å². The molecule has 9 heteroatoms. The summed E-state index contributed by atoms with van der Waals surface area (Å²) in [4.78, 5) is 31.3. The average Bonchev–Trinajstić information content (AvgIpc) is 3.28. The molecule has 0 saturated heterocycles. The highest BCUT2D eigenvalue weighted by molar-refractivity contribution is 6.29. The quantitative estimate of drug-likeness (QED) is 0.340. The lowest BCUT2D eigenvalue weighted by atomic mass is 10.0. The standard InChI is InChI=1S/C26H26ClN3O5/c1-34-20-9-10-22-17(12-20)3-2-4-18(22)13-25(32)29-23(11-16-5-7-19(31)8-6-16)26(33)28-15-21-14-24(27)30-35-21/h2-10,12,14,21,23,30-31H,11,13,15H2,1H3,(H,28,33)(H,29,32)/t21?,23-/m0/s1. The van der Waals surface area contributed by atoms with Crippen LogP contribution in [0, 0.1) is 0 Å². The van der Waals surface area contributed by atoms with E-state index in [2.05, 4.69) is 16.1 Å². The maximum Gasteiger partial charge on any atom is 0.243 e. The zero-order valence-corrected chi connectivity index (χ0v) is 19.8. The second kappa shape index (κ2) is 11.1. The highest BCUT2D eigenvalue weighted by Gasteiger charge is 2.24. The third-order valence-corrected chi connectivity index (χ3v) is 5.88. The zero-order chi connectivity index (χ0) is 24.8. The number of phenols is 1. The first kappa shape index (κ1) is 24.4. The number of rotatable bonds is 9. The van der Waals surface area contributed by atoms with E-state index in [-0.39, 0.29) is 37.0 Å². The van der Waals surface area contributed by atoms with Crippen LogP contribution < -0.4 is 20.9 Å². The maximum atomic E-state index is 13.0. The van der Waals surface area contributed by atoms with Crippen LogP contribution in [0.4, 0.5) is 0 Å². The second-order valence-electron chi connectivity index (χ2n) is 8.19. The number of methoxy groups -OCH3 is 1. The summed E-state index contributed by atoms with van der Waals surface area (Å²) < 4.78 is 5.29. The molecule has 0 aliphatic carbocycles. The van der Waals surface area contributed by atoms with Crippen molar-refractivity contribution >= 4 is 34.2 Å². The van der Waals surface area contributed by atoms with Gasteiger partial charge >= 0.3 is 0 Å². The highest BCUT2D eigenvalue weighted by Crippen LogP contribution is 2.24. The molecule has 1 unspecified atom stereocenters. The number of amides is 2. The first-order valence-electron chi connectivity index (χ1n) is 11.1. The van der Waals surface area contributed by atoms with Crippen molar-refractivity contribution in [2.45, 2.75) is 25.0 Å². The van der Waals surface area contributed by atoms with Crippen LogP contribution in [0.1, 0.15) is 11.1 Å². The van der Waals surface area contributed by atoms with Gasteiger partial charge in [-0.15, -0.1) is 0 Å². The molecule has 2 amide bonds. The summed E-state index contributed by atoms with van der Waals surface area (Å²) in [5.41, 5.74) is 4.16. The molecule has 1 aliphatic rings. The number of hydrogen-bond acceptors (Lipinski definition) is 6. The summed E-state index contributed by atoms with van der Waals surface area (Å²) in [7, 11) is 1.61. The van der Waals surface area contributed by atoms with Crippen LogP contribution >= 0.6 is 11.6 Å². The van der Waals surface area contributed by atoms with Crippen molar-refractivity contribution < 1.29 is 24.3 Å². The van der Waals surface area contributed by atoms with Crippen LogP contribution in [0.3, 0.4) is 0 Å².